The summed E-state index contributed by atoms with van der Waals surface area (Å²) in [5.41, 5.74) is 0. The Balaban J connectivity index is 0. The first kappa shape index (κ1) is 25.2. The van der Waals surface area contributed by atoms with Gasteiger partial charge in [-0.3, -0.25) is 4.55 Å². The largest absolute Gasteiger partial charge is 0.460 e. The SMILES string of the molecule is FC(F)C(F)(F)F.O=S(=O)(O)C(F)(F)C(F)(F)C(F)(F)C(F)(F)F. The highest BCUT2D eigenvalue weighted by atomic mass is 32.2. The molecule has 0 aromatic rings. The standard InChI is InChI=1S/C4HF9O3S.C2HF5/c5-1(6,3(9,10)11)2(7,8)4(12,13)17(14,15)16;3-1(4)2(5,6)7/h(H,14,15,16);1H. The molecular formula is C6H2F14O3S. The number of alkyl halides is 14. The minimum absolute atomic E-state index is 4.20. The van der Waals surface area contributed by atoms with Crippen LogP contribution >= 0.6 is 0 Å². The average Bonchev–Trinajstić information content (AvgIpc) is 2.24. The average molecular weight is 420 g/mol. The van der Waals surface area contributed by atoms with E-state index in [1.54, 1.807) is 0 Å². The zero-order valence-corrected chi connectivity index (χ0v) is 10.9. The molecule has 0 aliphatic carbocycles. The van der Waals surface area contributed by atoms with Gasteiger partial charge in [-0.05, 0) is 0 Å². The Morgan fingerprint density at radius 2 is 0.917 bits per heavy atom. The van der Waals surface area contributed by atoms with Gasteiger partial charge in [0.1, 0.15) is 0 Å². The van der Waals surface area contributed by atoms with E-state index in [1.165, 1.54) is 0 Å². The van der Waals surface area contributed by atoms with Crippen molar-refractivity contribution in [2.24, 2.45) is 0 Å². The van der Waals surface area contributed by atoms with E-state index in [0.717, 1.165) is 0 Å². The minimum atomic E-state index is -7.37. The molecule has 0 aromatic carbocycles. The quantitative estimate of drug-likeness (QED) is 0.553. The molecule has 0 heterocycles. The van der Waals surface area contributed by atoms with Crippen molar-refractivity contribution in [3.8, 4) is 0 Å². The highest BCUT2D eigenvalue weighted by Gasteiger charge is 2.85. The molecule has 148 valence electrons. The third-order valence-corrected chi connectivity index (χ3v) is 2.59. The maximum absolute atomic E-state index is 12.2. The summed E-state index contributed by atoms with van der Waals surface area (Å²) in [5.74, 6) is -14.7. The van der Waals surface area contributed by atoms with Gasteiger partial charge in [-0.25, -0.2) is 8.78 Å². The summed E-state index contributed by atoms with van der Waals surface area (Å²) >= 11 is 0. The lowest BCUT2D eigenvalue weighted by molar-refractivity contribution is -0.382. The molecule has 0 aliphatic heterocycles. The second-order valence-corrected chi connectivity index (χ2v) is 4.94. The van der Waals surface area contributed by atoms with Crippen LogP contribution in [0.4, 0.5) is 61.5 Å². The summed E-state index contributed by atoms with van der Waals surface area (Å²) in [6.07, 6.45) is -16.7. The Morgan fingerprint density at radius 1 is 0.667 bits per heavy atom. The molecule has 0 bridgehead atoms. The molecule has 18 heteroatoms. The monoisotopic (exact) mass is 420 g/mol. The van der Waals surface area contributed by atoms with Crippen LogP contribution in [0.2, 0.25) is 0 Å². The molecule has 0 unspecified atom stereocenters. The summed E-state index contributed by atoms with van der Waals surface area (Å²) in [4.78, 5) is 0. The number of hydrogen-bond donors (Lipinski definition) is 1. The van der Waals surface area contributed by atoms with Gasteiger partial charge in [-0.2, -0.15) is 61.1 Å². The second-order valence-electron chi connectivity index (χ2n) is 3.48. The van der Waals surface area contributed by atoms with Crippen LogP contribution in [0.25, 0.3) is 0 Å². The molecular weight excluding hydrogens is 418 g/mol. The first-order valence-corrected chi connectivity index (χ1v) is 5.90. The maximum atomic E-state index is 12.2. The molecule has 0 radical (unpaired) electrons. The maximum Gasteiger partial charge on any atom is 0.460 e. The Labute approximate surface area is 122 Å². The number of halogens is 14. The van der Waals surface area contributed by atoms with Crippen molar-refractivity contribution in [2.45, 2.75) is 35.9 Å². The van der Waals surface area contributed by atoms with E-state index in [9.17, 15) is 69.9 Å². The van der Waals surface area contributed by atoms with Gasteiger partial charge in [0.25, 0.3) is 0 Å². The summed E-state index contributed by atoms with van der Waals surface area (Å²) in [6.45, 7) is 0. The zero-order chi connectivity index (χ0) is 20.6. The van der Waals surface area contributed by atoms with Crippen LogP contribution in [0.1, 0.15) is 0 Å². The molecule has 0 saturated carbocycles. The lowest BCUT2D eigenvalue weighted by Crippen LogP contribution is -2.63. The van der Waals surface area contributed by atoms with E-state index in [2.05, 4.69) is 0 Å². The van der Waals surface area contributed by atoms with Crippen LogP contribution in [-0.2, 0) is 10.1 Å². The van der Waals surface area contributed by atoms with Crippen LogP contribution in [0.5, 0.6) is 0 Å². The van der Waals surface area contributed by atoms with Gasteiger partial charge in [-0.15, -0.1) is 0 Å². The third-order valence-electron chi connectivity index (χ3n) is 1.69. The lowest BCUT2D eigenvalue weighted by Gasteiger charge is -2.31. The van der Waals surface area contributed by atoms with Gasteiger partial charge in [-0.1, -0.05) is 0 Å². The summed E-state index contributed by atoms with van der Waals surface area (Å²) in [5, 5.41) is -7.00. The molecule has 3 nitrogen and oxygen atoms in total. The van der Waals surface area contributed by atoms with Crippen molar-refractivity contribution in [3.05, 3.63) is 0 Å². The molecule has 24 heavy (non-hydrogen) atoms. The topological polar surface area (TPSA) is 54.4 Å². The smallest absolute Gasteiger partial charge is 0.281 e. The van der Waals surface area contributed by atoms with Crippen molar-refractivity contribution >= 4 is 10.1 Å². The molecule has 0 aromatic heterocycles. The predicted molar refractivity (Wildman–Crippen MR) is 44.5 cm³/mol. The highest BCUT2D eigenvalue weighted by Crippen LogP contribution is 2.54. The predicted octanol–water partition coefficient (Wildman–Crippen LogP) is 4.11. The van der Waals surface area contributed by atoms with Crippen molar-refractivity contribution in [1.82, 2.24) is 0 Å². The fraction of sp³-hybridized carbons (Fsp3) is 1.00. The second kappa shape index (κ2) is 6.68. The van der Waals surface area contributed by atoms with E-state index in [0.29, 0.717) is 0 Å². The zero-order valence-electron chi connectivity index (χ0n) is 10.0. The van der Waals surface area contributed by atoms with Crippen molar-refractivity contribution < 1.29 is 74.4 Å². The molecule has 0 saturated heterocycles. The minimum Gasteiger partial charge on any atom is -0.281 e. The van der Waals surface area contributed by atoms with Gasteiger partial charge in [0.05, 0.1) is 0 Å². The molecule has 0 rings (SSSR count). The van der Waals surface area contributed by atoms with Crippen LogP contribution in [0, 0.1) is 0 Å². The Kier molecular flexibility index (Phi) is 7.00. The van der Waals surface area contributed by atoms with Gasteiger partial charge in [0.2, 0.25) is 0 Å². The fourth-order valence-electron chi connectivity index (χ4n) is 0.523. The van der Waals surface area contributed by atoms with Gasteiger partial charge in [0.15, 0.2) is 0 Å². The molecule has 0 spiro atoms. The van der Waals surface area contributed by atoms with Crippen molar-refractivity contribution in [3.63, 3.8) is 0 Å². The number of hydrogen-bond acceptors (Lipinski definition) is 2. The first-order chi connectivity index (χ1) is 9.94. The Hall–Kier alpha value is -1.07. The van der Waals surface area contributed by atoms with Gasteiger partial charge < -0.3 is 0 Å². The van der Waals surface area contributed by atoms with E-state index < -0.39 is 46.0 Å². The Bertz CT molecular complexity index is 514. The third kappa shape index (κ3) is 4.96. The molecule has 0 fully saturated rings. The number of rotatable bonds is 3. The van der Waals surface area contributed by atoms with Crippen LogP contribution in [-0.4, -0.2) is 48.8 Å². The van der Waals surface area contributed by atoms with Crippen molar-refractivity contribution in [2.75, 3.05) is 0 Å². The van der Waals surface area contributed by atoms with Crippen LogP contribution in [0.15, 0.2) is 0 Å². The van der Waals surface area contributed by atoms with Crippen LogP contribution < -0.4 is 0 Å². The van der Waals surface area contributed by atoms with E-state index >= 15 is 0 Å². The normalized spacial score (nSPS) is 15.2. The molecule has 0 amide bonds. The first-order valence-electron chi connectivity index (χ1n) is 4.46. The van der Waals surface area contributed by atoms with Crippen molar-refractivity contribution in [1.29, 1.82) is 0 Å². The van der Waals surface area contributed by atoms with Gasteiger partial charge in [0, 0.05) is 0 Å². The van der Waals surface area contributed by atoms with Gasteiger partial charge >= 0.3 is 46.0 Å². The molecule has 0 aliphatic rings. The highest BCUT2D eigenvalue weighted by molar-refractivity contribution is 7.87. The van der Waals surface area contributed by atoms with E-state index in [4.69, 9.17) is 4.55 Å². The fourth-order valence-corrected chi connectivity index (χ4v) is 0.975. The molecule has 1 N–H and O–H groups in total. The lowest BCUT2D eigenvalue weighted by atomic mass is 10.1. The molecule has 0 atom stereocenters. The summed E-state index contributed by atoms with van der Waals surface area (Å²) < 4.78 is 186. The summed E-state index contributed by atoms with van der Waals surface area (Å²) in [7, 11) is -7.17. The van der Waals surface area contributed by atoms with Crippen LogP contribution in [0.3, 0.4) is 0 Å². The summed E-state index contributed by atoms with van der Waals surface area (Å²) in [6, 6.07) is 0. The van der Waals surface area contributed by atoms with E-state index in [-0.39, 0.29) is 0 Å². The Morgan fingerprint density at radius 3 is 1.04 bits per heavy atom. The van der Waals surface area contributed by atoms with E-state index in [1.807, 2.05) is 0 Å².